The number of carboxylic acid groups (broad SMARTS) is 1. The topological polar surface area (TPSA) is 607 Å². The lowest BCUT2D eigenvalue weighted by Gasteiger charge is -2.30. The second-order valence-corrected chi connectivity index (χ2v) is 24.7. The first-order chi connectivity index (χ1) is 46.0. The fourth-order valence-corrected chi connectivity index (χ4v) is 10.0. The first-order valence-corrected chi connectivity index (χ1v) is 33.3. The van der Waals surface area contributed by atoms with Gasteiger partial charge in [-0.05, 0) is 52.9 Å². The summed E-state index contributed by atoms with van der Waals surface area (Å²) in [7, 11) is 3.24. The van der Waals surface area contributed by atoms with Crippen molar-refractivity contribution in [2.45, 2.75) is 179 Å². The maximum Gasteiger partial charge on any atom is 0.303 e. The van der Waals surface area contributed by atoms with Crippen molar-refractivity contribution in [2.75, 3.05) is 36.2 Å². The van der Waals surface area contributed by atoms with Gasteiger partial charge in [-0.1, -0.05) is 44.5 Å². The summed E-state index contributed by atoms with van der Waals surface area (Å²) < 4.78 is 2.83. The summed E-state index contributed by atoms with van der Waals surface area (Å²) in [6.07, 6.45) is -1.26. The number of hydrogen-bond acceptors (Lipinski definition) is 25. The highest BCUT2D eigenvalue weighted by molar-refractivity contribution is 8.00. The molecule has 2 aromatic heterocycles. The molecular weight excluding hydrogens is 1330 g/mol. The second-order valence-electron chi connectivity index (χ2n) is 22.7. The van der Waals surface area contributed by atoms with Crippen LogP contribution in [0.4, 0.5) is 0 Å². The Labute approximate surface area is 572 Å². The Morgan fingerprint density at radius 1 is 0.490 bits per heavy atom. The lowest BCUT2D eigenvalue weighted by molar-refractivity contribution is -0.139. The van der Waals surface area contributed by atoms with Gasteiger partial charge in [0.1, 0.15) is 71.8 Å². The molecule has 21 N–H and O–H groups in total. The molecule has 14 amide bonds. The van der Waals surface area contributed by atoms with Gasteiger partial charge in [-0.3, -0.25) is 81.3 Å². The number of aliphatic carboxylic acids is 1. The molecule has 40 nitrogen and oxygen atoms in total. The fraction of sp³-hybridized carbons (Fsp3) is 0.661. The van der Waals surface area contributed by atoms with E-state index in [1.807, 2.05) is 0 Å². The van der Waals surface area contributed by atoms with Crippen molar-refractivity contribution in [1.29, 1.82) is 0 Å². The Bertz CT molecular complexity index is 3080. The molecule has 2 rings (SSSR count). The number of primary amides is 1. The predicted octanol–water partition coefficient (Wildman–Crippen LogP) is -9.36. The molecule has 0 aromatic carbocycles. The van der Waals surface area contributed by atoms with Gasteiger partial charge in [0.25, 0.3) is 0 Å². The lowest BCUT2D eigenvalue weighted by atomic mass is 9.97. The number of nitrogens with two attached hydrogens (primary N) is 2. The molecule has 0 saturated heterocycles. The third-order valence-corrected chi connectivity index (χ3v) is 16.4. The number of hydrogen-bond donors (Lipinski definition) is 19. The van der Waals surface area contributed by atoms with E-state index in [1.165, 1.54) is 37.1 Å². The number of aromatic nitrogens is 6. The molecule has 3 unspecified atom stereocenters. The number of nitrogens with one attached hydrogen (secondary N) is 13. The summed E-state index contributed by atoms with van der Waals surface area (Å²) >= 11 is 1.74. The molecule has 0 aliphatic heterocycles. The summed E-state index contributed by atoms with van der Waals surface area (Å²) in [4.78, 5) is 198. The van der Waals surface area contributed by atoms with Crippen molar-refractivity contribution in [1.82, 2.24) is 99.1 Å². The van der Waals surface area contributed by atoms with Crippen molar-refractivity contribution >= 4 is 112 Å². The minimum absolute atomic E-state index is 0.0197. The van der Waals surface area contributed by atoms with Crippen molar-refractivity contribution in [3.05, 3.63) is 23.8 Å². The van der Waals surface area contributed by atoms with Crippen molar-refractivity contribution in [3.8, 4) is 0 Å². The van der Waals surface area contributed by atoms with E-state index in [0.29, 0.717) is 11.4 Å². The van der Waals surface area contributed by atoms with Gasteiger partial charge in [0.15, 0.2) is 0 Å². The molecule has 14 atom stereocenters. The van der Waals surface area contributed by atoms with Crippen LogP contribution >= 0.6 is 23.5 Å². The quantitative estimate of drug-likeness (QED) is 0.0293. The minimum Gasteiger partial charge on any atom is -0.481 e. The van der Waals surface area contributed by atoms with Crippen LogP contribution in [0, 0.1) is 5.92 Å². The third kappa shape index (κ3) is 30.5. The predicted molar refractivity (Wildman–Crippen MR) is 349 cm³/mol. The number of rotatable bonds is 45. The highest BCUT2D eigenvalue weighted by atomic mass is 32.2. The molecule has 2 aromatic rings. The van der Waals surface area contributed by atoms with Gasteiger partial charge in [0.05, 0.1) is 56.0 Å². The average molecular weight is 1430 g/mol. The molecule has 548 valence electrons. The monoisotopic (exact) mass is 1430 g/mol. The first-order valence-electron chi connectivity index (χ1n) is 31.0. The first kappa shape index (κ1) is 85.0. The Balaban J connectivity index is 2.31. The van der Waals surface area contributed by atoms with E-state index < -0.39 is 199 Å². The van der Waals surface area contributed by atoms with Crippen LogP contribution < -0.4 is 80.6 Å². The number of nitrogens with zero attached hydrogens (tertiary/aromatic N) is 6. The van der Waals surface area contributed by atoms with Crippen LogP contribution in [-0.4, -0.2) is 254 Å². The Morgan fingerprint density at radius 2 is 0.908 bits per heavy atom. The van der Waals surface area contributed by atoms with E-state index in [9.17, 15) is 92.3 Å². The van der Waals surface area contributed by atoms with Gasteiger partial charge >= 0.3 is 5.97 Å². The number of carbonyl (C=O) groups is 15. The standard InChI is InChI=1S/C56H93N21O19S2/c1-11-26(4)43(69-53(93)38(23-98-25-41(83)60-17-32-20-77(10)75-73-32)68-51(91)35(14-15-42(84)85)65-47(87)27(5)62-49(89)33(57)12-2)55(95)71-45(30(8)80)56(96)70-44(29(7)79)54(94)61-18-39(81)64-34(13-3)50(90)67-37(22-97-24-40(82)59-16-31-19-76(9)74-72-31)52(92)63-28(6)48(88)66-36(21-78)46(58)86/h19-20,26-30,33-38,43-45,78-80H,11-18,21-25,57H2,1-10H3,(H2,58,86)(H,59,82)(H,60,83)(H,61,94)(H,62,89)(H,63,92)(H,64,81)(H,65,87)(H,66,88)(H,67,90)(H,68,91)(H,69,93)(H,70,96)(H,71,95)(H,84,85)/t26?,27-,28-,29?,30?,33-,34-,35-,36-,37-,38-,43-,44-,45-/m0/s1. The van der Waals surface area contributed by atoms with Gasteiger partial charge in [-0.2, -0.15) is 0 Å². The number of aliphatic hydroxyl groups excluding tert-OH is 3. The summed E-state index contributed by atoms with van der Waals surface area (Å²) in [6.45, 7) is 9.20. The van der Waals surface area contributed by atoms with Gasteiger partial charge in [0, 0.05) is 44.4 Å². The molecule has 0 aliphatic rings. The van der Waals surface area contributed by atoms with E-state index in [-0.39, 0.29) is 55.4 Å². The Morgan fingerprint density at radius 3 is 1.33 bits per heavy atom. The maximum atomic E-state index is 14.4. The smallest absolute Gasteiger partial charge is 0.303 e. The maximum absolute atomic E-state index is 14.4. The highest BCUT2D eigenvalue weighted by Gasteiger charge is 2.38. The molecule has 0 bridgehead atoms. The number of carbonyl (C=O) groups excluding carboxylic acids is 14. The van der Waals surface area contributed by atoms with Gasteiger partial charge in [0.2, 0.25) is 82.7 Å². The fourth-order valence-electron chi connectivity index (χ4n) is 8.30. The molecule has 0 spiro atoms. The van der Waals surface area contributed by atoms with Crippen LogP contribution in [0.15, 0.2) is 12.4 Å². The zero-order valence-electron chi connectivity index (χ0n) is 56.0. The number of amides is 14. The molecular formula is C56H93N21O19S2. The van der Waals surface area contributed by atoms with E-state index in [0.717, 1.165) is 37.4 Å². The molecule has 0 radical (unpaired) electrons. The Hall–Kier alpha value is -9.13. The van der Waals surface area contributed by atoms with Crippen LogP contribution in [-0.2, 0) is 99.1 Å². The van der Waals surface area contributed by atoms with Crippen LogP contribution in [0.5, 0.6) is 0 Å². The minimum atomic E-state index is -1.93. The Kier molecular flexibility index (Phi) is 37.5. The SMILES string of the molecule is CCC(C)[C@H](NC(=O)[C@H](CSCC(=O)NCc1cn(C)nn1)NC(=O)[C@H](CCC(=O)O)NC(=O)[C@H](C)NC(=O)[C@@H](N)CC)C(=O)N[C@H](C(=O)N[C@H](C(=O)NCC(=O)N[C@@H](CC)C(=O)N[C@@H](CSCC(=O)NCc1cn(C)nn1)C(=O)N[C@@H](C)C(=O)N[C@@H](CO)C(N)=O)C(C)O)C(C)O. The van der Waals surface area contributed by atoms with Gasteiger partial charge in [-0.15, -0.1) is 33.7 Å². The molecule has 98 heavy (non-hydrogen) atoms. The van der Waals surface area contributed by atoms with E-state index >= 15 is 0 Å². The van der Waals surface area contributed by atoms with Crippen LogP contribution in [0.3, 0.4) is 0 Å². The third-order valence-electron chi connectivity index (χ3n) is 14.3. The second kappa shape index (κ2) is 43.2. The molecule has 0 aliphatic carbocycles. The summed E-state index contributed by atoms with van der Waals surface area (Å²) in [5.41, 5.74) is 11.8. The normalized spacial score (nSPS) is 15.4. The van der Waals surface area contributed by atoms with E-state index in [4.69, 9.17) is 11.5 Å². The van der Waals surface area contributed by atoms with Gasteiger partial charge in [-0.25, -0.2) is 0 Å². The molecule has 0 saturated carbocycles. The average Bonchev–Trinajstić information content (AvgIpc) is 1.03. The lowest BCUT2D eigenvalue weighted by Crippen LogP contribution is -2.63. The zero-order valence-corrected chi connectivity index (χ0v) is 57.6. The largest absolute Gasteiger partial charge is 0.481 e. The summed E-state index contributed by atoms with van der Waals surface area (Å²) in [5.74, 6) is -16.6. The van der Waals surface area contributed by atoms with Crippen LogP contribution in [0.1, 0.15) is 98.9 Å². The number of aliphatic hydroxyl groups is 3. The number of aryl methyl sites for hydroxylation is 2. The summed E-state index contributed by atoms with van der Waals surface area (Å²) in [5, 5.41) is 87.1. The van der Waals surface area contributed by atoms with Crippen molar-refractivity contribution in [2.24, 2.45) is 31.5 Å². The molecule has 42 heteroatoms. The van der Waals surface area contributed by atoms with Crippen LogP contribution in [0.25, 0.3) is 0 Å². The van der Waals surface area contributed by atoms with Crippen molar-refractivity contribution < 1.29 is 92.3 Å². The molecule has 0 fully saturated rings. The summed E-state index contributed by atoms with van der Waals surface area (Å²) in [6, 6.07) is -16.7. The zero-order chi connectivity index (χ0) is 74.1. The van der Waals surface area contributed by atoms with E-state index in [2.05, 4.69) is 89.7 Å². The van der Waals surface area contributed by atoms with Gasteiger partial charge < -0.3 is 101 Å². The highest BCUT2D eigenvalue weighted by Crippen LogP contribution is 2.13. The van der Waals surface area contributed by atoms with Crippen LogP contribution in [0.2, 0.25) is 0 Å². The van der Waals surface area contributed by atoms with E-state index in [1.54, 1.807) is 40.3 Å². The number of carboxylic acids is 1. The van der Waals surface area contributed by atoms with Crippen molar-refractivity contribution in [3.63, 3.8) is 0 Å². The number of thioether (sulfide) groups is 2. The molecule has 2 heterocycles.